The molecule has 0 saturated carbocycles. The van der Waals surface area contributed by atoms with Crippen LogP contribution in [-0.2, 0) is 4.79 Å². The number of hydrogen-bond donors (Lipinski definition) is 6. The van der Waals surface area contributed by atoms with E-state index >= 15 is 0 Å². The minimum Gasteiger partial charge on any atom is -0.480 e. The summed E-state index contributed by atoms with van der Waals surface area (Å²) < 4.78 is 0. The van der Waals surface area contributed by atoms with E-state index in [4.69, 9.17) is 26.8 Å². The van der Waals surface area contributed by atoms with E-state index in [1.165, 1.54) is 6.92 Å². The molecule has 100 valence electrons. The third kappa shape index (κ3) is 7.50. The summed E-state index contributed by atoms with van der Waals surface area (Å²) in [6.07, 6.45) is -0.825. The topological polar surface area (TPSA) is 154 Å². The van der Waals surface area contributed by atoms with Crippen LogP contribution in [0.3, 0.4) is 0 Å². The first-order valence-electron chi connectivity index (χ1n) is 5.25. The molecule has 0 aromatic carbocycles. The number of nitrogens with zero attached hydrogens (tertiary/aromatic N) is 1. The Morgan fingerprint density at radius 2 is 2.00 bits per heavy atom. The van der Waals surface area contributed by atoms with E-state index in [1.54, 1.807) is 0 Å². The fraction of sp³-hybridized carbons (Fsp3) is 0.778. The number of rotatable bonds is 8. The molecule has 0 aromatic heterocycles. The van der Waals surface area contributed by atoms with E-state index in [0.717, 1.165) is 0 Å². The Morgan fingerprint density at radius 1 is 1.41 bits per heavy atom. The monoisotopic (exact) mass is 248 g/mol. The van der Waals surface area contributed by atoms with Crippen molar-refractivity contribution in [2.24, 2.45) is 16.5 Å². The maximum Gasteiger partial charge on any atom is 0.320 e. The number of carboxylic acids is 1. The van der Waals surface area contributed by atoms with Crippen molar-refractivity contribution < 1.29 is 20.1 Å². The van der Waals surface area contributed by atoms with E-state index in [-0.39, 0.29) is 5.96 Å². The Labute approximate surface area is 99.3 Å². The van der Waals surface area contributed by atoms with Gasteiger partial charge in [-0.15, -0.1) is 0 Å². The van der Waals surface area contributed by atoms with Crippen LogP contribution >= 0.6 is 0 Å². The van der Waals surface area contributed by atoms with Gasteiger partial charge >= 0.3 is 5.97 Å². The Kier molecular flexibility index (Phi) is 7.19. The Bertz CT molecular complexity index is 266. The lowest BCUT2D eigenvalue weighted by Gasteiger charge is -2.21. The van der Waals surface area contributed by atoms with Gasteiger partial charge in [0, 0.05) is 6.54 Å². The molecule has 17 heavy (non-hydrogen) atoms. The molecule has 0 aliphatic heterocycles. The van der Waals surface area contributed by atoms with Gasteiger partial charge in [-0.05, 0) is 19.8 Å². The zero-order chi connectivity index (χ0) is 13.4. The van der Waals surface area contributed by atoms with Gasteiger partial charge in [0.2, 0.25) is 0 Å². The van der Waals surface area contributed by atoms with Gasteiger partial charge in [-0.2, -0.15) is 0 Å². The van der Waals surface area contributed by atoms with Crippen LogP contribution in [0.25, 0.3) is 0 Å². The fourth-order valence-corrected chi connectivity index (χ4v) is 1.19. The summed E-state index contributed by atoms with van der Waals surface area (Å²) in [4.78, 5) is 14.6. The first kappa shape index (κ1) is 15.6. The average Bonchev–Trinajstić information content (AvgIpc) is 2.21. The highest BCUT2D eigenvalue weighted by Crippen LogP contribution is 2.01. The summed E-state index contributed by atoms with van der Waals surface area (Å²) in [5, 5.41) is 29.2. The highest BCUT2D eigenvalue weighted by atomic mass is 16.5. The van der Waals surface area contributed by atoms with Crippen LogP contribution in [0, 0.1) is 0 Å². The maximum atomic E-state index is 10.9. The Hall–Kier alpha value is -1.38. The summed E-state index contributed by atoms with van der Waals surface area (Å²) in [6.45, 7) is 1.82. The molecular weight excluding hydrogens is 228 g/mol. The summed E-state index contributed by atoms with van der Waals surface area (Å²) in [5.41, 5.74) is 10.2. The van der Waals surface area contributed by atoms with Crippen molar-refractivity contribution in [3.8, 4) is 0 Å². The Balaban J connectivity index is 4.08. The quantitative estimate of drug-likeness (QED) is 0.123. The second-order valence-electron chi connectivity index (χ2n) is 3.71. The second-order valence-corrected chi connectivity index (χ2v) is 3.71. The predicted octanol–water partition coefficient (Wildman–Crippen LogP) is -2.22. The molecule has 2 atom stereocenters. The number of guanidine groups is 1. The van der Waals surface area contributed by atoms with Crippen LogP contribution in [-0.4, -0.2) is 52.2 Å². The molecule has 0 saturated heterocycles. The van der Waals surface area contributed by atoms with Gasteiger partial charge < -0.3 is 26.8 Å². The zero-order valence-corrected chi connectivity index (χ0v) is 9.71. The van der Waals surface area contributed by atoms with Gasteiger partial charge in [-0.25, -0.2) is 0 Å². The summed E-state index contributed by atoms with van der Waals surface area (Å²) in [5.74, 6) is -1.09. The number of carbonyl (C=O) groups is 1. The van der Waals surface area contributed by atoms with Gasteiger partial charge in [0.15, 0.2) is 12.2 Å². The molecule has 0 aromatic rings. The molecule has 0 spiro atoms. The van der Waals surface area contributed by atoms with Crippen molar-refractivity contribution in [3.63, 3.8) is 0 Å². The summed E-state index contributed by atoms with van der Waals surface area (Å²) in [6, 6.07) is -1.58. The maximum absolute atomic E-state index is 10.9. The van der Waals surface area contributed by atoms with Gasteiger partial charge in [0.1, 0.15) is 6.04 Å². The van der Waals surface area contributed by atoms with Crippen molar-refractivity contribution in [1.29, 1.82) is 0 Å². The van der Waals surface area contributed by atoms with Gasteiger partial charge in [-0.3, -0.25) is 15.1 Å². The summed E-state index contributed by atoms with van der Waals surface area (Å²) >= 11 is 0. The standard InChI is InChI=1S/C9H20N4O4/c1-5(7(14)15)13-6(8(16)17)3-2-4-12-9(10)11/h5-7,13-15H,2-4H2,1H3,(H,16,17)(H4,10,11,12)/t5-,6-/m0/s1. The lowest BCUT2D eigenvalue weighted by Crippen LogP contribution is -2.47. The van der Waals surface area contributed by atoms with E-state index < -0.39 is 24.3 Å². The van der Waals surface area contributed by atoms with Gasteiger partial charge in [0.05, 0.1) is 6.04 Å². The highest BCUT2D eigenvalue weighted by molar-refractivity contribution is 5.75. The van der Waals surface area contributed by atoms with E-state index in [2.05, 4.69) is 10.3 Å². The molecule has 0 aliphatic rings. The molecule has 0 rings (SSSR count). The van der Waals surface area contributed by atoms with E-state index in [9.17, 15) is 4.79 Å². The molecule has 8 nitrogen and oxygen atoms in total. The lowest BCUT2D eigenvalue weighted by molar-refractivity contribution is -0.141. The molecule has 0 radical (unpaired) electrons. The highest BCUT2D eigenvalue weighted by Gasteiger charge is 2.21. The number of nitrogens with two attached hydrogens (primary N) is 2. The molecule has 0 amide bonds. The third-order valence-electron chi connectivity index (χ3n) is 2.15. The summed E-state index contributed by atoms with van der Waals surface area (Å²) in [7, 11) is 0. The van der Waals surface area contributed by atoms with Crippen molar-refractivity contribution in [2.75, 3.05) is 6.54 Å². The van der Waals surface area contributed by atoms with Crippen LogP contribution in [0.2, 0.25) is 0 Å². The van der Waals surface area contributed by atoms with Crippen LogP contribution in [0.4, 0.5) is 0 Å². The molecule has 0 aliphatic carbocycles. The smallest absolute Gasteiger partial charge is 0.320 e. The number of carboxylic acid groups (broad SMARTS) is 1. The van der Waals surface area contributed by atoms with Crippen molar-refractivity contribution in [3.05, 3.63) is 0 Å². The molecule has 0 heterocycles. The zero-order valence-electron chi connectivity index (χ0n) is 9.71. The van der Waals surface area contributed by atoms with Crippen LogP contribution in [0.1, 0.15) is 19.8 Å². The first-order chi connectivity index (χ1) is 7.84. The van der Waals surface area contributed by atoms with Crippen LogP contribution in [0.5, 0.6) is 0 Å². The van der Waals surface area contributed by atoms with Gasteiger partial charge in [0.25, 0.3) is 0 Å². The second kappa shape index (κ2) is 7.82. The van der Waals surface area contributed by atoms with Crippen molar-refractivity contribution >= 4 is 11.9 Å². The number of aliphatic hydroxyl groups excluding tert-OH is 1. The van der Waals surface area contributed by atoms with E-state index in [0.29, 0.717) is 19.4 Å². The van der Waals surface area contributed by atoms with Gasteiger partial charge in [-0.1, -0.05) is 0 Å². The predicted molar refractivity (Wildman–Crippen MR) is 62.2 cm³/mol. The molecule has 0 unspecified atom stereocenters. The minimum absolute atomic E-state index is 0.0380. The van der Waals surface area contributed by atoms with Crippen molar-refractivity contribution in [2.45, 2.75) is 38.1 Å². The number of hydrogen-bond acceptors (Lipinski definition) is 5. The average molecular weight is 248 g/mol. The minimum atomic E-state index is -1.60. The van der Waals surface area contributed by atoms with Crippen LogP contribution < -0.4 is 16.8 Å². The SMILES string of the molecule is C[C@H](N[C@@H](CCCN=C(N)N)C(=O)O)C(O)O. The normalized spacial score (nSPS) is 14.4. The van der Waals surface area contributed by atoms with E-state index in [1.807, 2.05) is 0 Å². The molecule has 8 heteroatoms. The number of aliphatic hydroxyl groups is 2. The number of nitrogens with one attached hydrogen (secondary N) is 1. The molecule has 8 N–H and O–H groups in total. The molecular formula is C9H20N4O4. The number of aliphatic imine (C=N–C) groups is 1. The Morgan fingerprint density at radius 3 is 2.41 bits per heavy atom. The fourth-order valence-electron chi connectivity index (χ4n) is 1.19. The van der Waals surface area contributed by atoms with Crippen molar-refractivity contribution in [1.82, 2.24) is 5.32 Å². The first-order valence-corrected chi connectivity index (χ1v) is 5.25. The molecule has 0 bridgehead atoms. The lowest BCUT2D eigenvalue weighted by atomic mass is 10.1. The molecule has 0 fully saturated rings. The van der Waals surface area contributed by atoms with Crippen LogP contribution in [0.15, 0.2) is 4.99 Å². The number of aliphatic carboxylic acids is 1. The third-order valence-corrected chi connectivity index (χ3v) is 2.15. The largest absolute Gasteiger partial charge is 0.480 e.